The van der Waals surface area contributed by atoms with Gasteiger partial charge in [-0.25, -0.2) is 0 Å². The third kappa shape index (κ3) is 2.47. The Bertz CT molecular complexity index is 585. The summed E-state index contributed by atoms with van der Waals surface area (Å²) in [4.78, 5) is 35.0. The van der Waals surface area contributed by atoms with E-state index in [-0.39, 0.29) is 17.0 Å². The summed E-state index contributed by atoms with van der Waals surface area (Å²) in [6, 6.07) is 3.75. The highest BCUT2D eigenvalue weighted by molar-refractivity contribution is 5.96. The first-order valence-electron chi connectivity index (χ1n) is 6.27. The van der Waals surface area contributed by atoms with Gasteiger partial charge < -0.3 is 10.6 Å². The highest BCUT2D eigenvalue weighted by atomic mass is 16.6. The third-order valence-corrected chi connectivity index (χ3v) is 3.47. The van der Waals surface area contributed by atoms with Gasteiger partial charge in [-0.3, -0.25) is 19.7 Å². The predicted molar refractivity (Wildman–Crippen MR) is 72.7 cm³/mol. The van der Waals surface area contributed by atoms with Crippen molar-refractivity contribution >= 4 is 23.1 Å². The van der Waals surface area contributed by atoms with Crippen LogP contribution in [0.25, 0.3) is 0 Å². The van der Waals surface area contributed by atoms with Gasteiger partial charge in [-0.1, -0.05) is 0 Å². The van der Waals surface area contributed by atoms with Gasteiger partial charge >= 0.3 is 0 Å². The number of nitro groups is 1. The lowest BCUT2D eigenvalue weighted by atomic mass is 10.1. The number of amides is 1. The first-order chi connectivity index (χ1) is 9.41. The molecule has 0 saturated carbocycles. The maximum absolute atomic E-state index is 11.4. The summed E-state index contributed by atoms with van der Waals surface area (Å²) < 4.78 is 0. The van der Waals surface area contributed by atoms with Crippen LogP contribution in [0, 0.1) is 10.1 Å². The zero-order valence-corrected chi connectivity index (χ0v) is 11.0. The Morgan fingerprint density at radius 2 is 2.15 bits per heavy atom. The minimum atomic E-state index is -0.544. The van der Waals surface area contributed by atoms with Crippen LogP contribution in [0.4, 0.5) is 11.4 Å². The molecule has 2 N–H and O–H groups in total. The number of rotatable bonds is 4. The number of benzene rings is 1. The number of anilines is 1. The normalized spacial score (nSPS) is 18.1. The molecule has 106 valence electrons. The molecular weight excluding hydrogens is 262 g/mol. The summed E-state index contributed by atoms with van der Waals surface area (Å²) >= 11 is 0. The van der Waals surface area contributed by atoms with E-state index in [4.69, 9.17) is 5.73 Å². The van der Waals surface area contributed by atoms with Crippen molar-refractivity contribution in [2.75, 3.05) is 11.4 Å². The van der Waals surface area contributed by atoms with Gasteiger partial charge in [0.1, 0.15) is 11.7 Å². The number of hydrogen-bond donors (Lipinski definition) is 1. The minimum absolute atomic E-state index is 0.175. The van der Waals surface area contributed by atoms with Gasteiger partial charge in [0.15, 0.2) is 5.78 Å². The molecule has 2 rings (SSSR count). The van der Waals surface area contributed by atoms with Crippen LogP contribution in [0.15, 0.2) is 18.2 Å². The molecule has 1 atom stereocenters. The molecule has 7 nitrogen and oxygen atoms in total. The van der Waals surface area contributed by atoms with Gasteiger partial charge in [0, 0.05) is 18.2 Å². The lowest BCUT2D eigenvalue weighted by Crippen LogP contribution is -2.40. The van der Waals surface area contributed by atoms with Crippen molar-refractivity contribution in [2.24, 2.45) is 5.73 Å². The Morgan fingerprint density at radius 3 is 2.70 bits per heavy atom. The largest absolute Gasteiger partial charge is 0.368 e. The number of nitrogens with zero attached hydrogens (tertiary/aromatic N) is 2. The molecule has 7 heteroatoms. The number of nitro benzene ring substituents is 1. The summed E-state index contributed by atoms with van der Waals surface area (Å²) in [5.74, 6) is -0.736. The second-order valence-electron chi connectivity index (χ2n) is 4.77. The van der Waals surface area contributed by atoms with Crippen molar-refractivity contribution < 1.29 is 14.5 Å². The highest BCUT2D eigenvalue weighted by Crippen LogP contribution is 2.34. The number of hydrogen-bond acceptors (Lipinski definition) is 5. The third-order valence-electron chi connectivity index (χ3n) is 3.47. The number of Topliss-reactive ketones (excluding diaryl/α,β-unsaturated/α-hetero) is 1. The fourth-order valence-electron chi connectivity index (χ4n) is 2.48. The van der Waals surface area contributed by atoms with Gasteiger partial charge in [-0.2, -0.15) is 0 Å². The van der Waals surface area contributed by atoms with E-state index in [0.717, 1.165) is 6.42 Å². The van der Waals surface area contributed by atoms with E-state index in [1.165, 1.54) is 25.1 Å². The van der Waals surface area contributed by atoms with Crippen molar-refractivity contribution in [1.82, 2.24) is 0 Å². The van der Waals surface area contributed by atoms with Crippen molar-refractivity contribution in [1.29, 1.82) is 0 Å². The summed E-state index contributed by atoms with van der Waals surface area (Å²) in [7, 11) is 0. The summed E-state index contributed by atoms with van der Waals surface area (Å²) in [6.07, 6.45) is 1.33. The SMILES string of the molecule is CC(=O)c1ccc(N2CCCC2C(N)=O)c([N+](=O)[O-])c1. The summed E-state index contributed by atoms with van der Waals surface area (Å²) in [6.45, 7) is 1.88. The molecule has 1 amide bonds. The van der Waals surface area contributed by atoms with Crippen LogP contribution in [0.2, 0.25) is 0 Å². The highest BCUT2D eigenvalue weighted by Gasteiger charge is 2.33. The van der Waals surface area contributed by atoms with Crippen LogP contribution in [0.3, 0.4) is 0 Å². The molecule has 1 heterocycles. The fourth-order valence-corrected chi connectivity index (χ4v) is 2.48. The van der Waals surface area contributed by atoms with E-state index in [9.17, 15) is 19.7 Å². The van der Waals surface area contributed by atoms with Crippen LogP contribution in [-0.2, 0) is 4.79 Å². The van der Waals surface area contributed by atoms with Crippen LogP contribution < -0.4 is 10.6 Å². The molecule has 0 radical (unpaired) electrons. The first-order valence-corrected chi connectivity index (χ1v) is 6.27. The zero-order valence-electron chi connectivity index (χ0n) is 11.0. The fraction of sp³-hybridized carbons (Fsp3) is 0.385. The average Bonchev–Trinajstić information content (AvgIpc) is 2.86. The number of primary amides is 1. The Kier molecular flexibility index (Phi) is 3.69. The lowest BCUT2D eigenvalue weighted by molar-refractivity contribution is -0.384. The monoisotopic (exact) mass is 277 g/mol. The Balaban J connectivity index is 2.48. The molecule has 0 aromatic heterocycles. The second-order valence-corrected chi connectivity index (χ2v) is 4.77. The Hall–Kier alpha value is -2.44. The molecule has 1 aliphatic heterocycles. The summed E-state index contributed by atoms with van der Waals surface area (Å²) in [5.41, 5.74) is 5.76. The van der Waals surface area contributed by atoms with E-state index in [2.05, 4.69) is 0 Å². The maximum Gasteiger partial charge on any atom is 0.293 e. The van der Waals surface area contributed by atoms with Crippen molar-refractivity contribution in [3.05, 3.63) is 33.9 Å². The first kappa shape index (κ1) is 14.0. The Morgan fingerprint density at radius 1 is 1.45 bits per heavy atom. The summed E-state index contributed by atoms with van der Waals surface area (Å²) in [5, 5.41) is 11.2. The van der Waals surface area contributed by atoms with E-state index in [1.54, 1.807) is 4.90 Å². The molecule has 1 unspecified atom stereocenters. The molecule has 0 spiro atoms. The smallest absolute Gasteiger partial charge is 0.293 e. The average molecular weight is 277 g/mol. The number of carbonyl (C=O) groups excluding carboxylic acids is 2. The molecule has 0 aliphatic carbocycles. The van der Waals surface area contributed by atoms with Gasteiger partial charge in [-0.05, 0) is 31.9 Å². The molecule has 1 saturated heterocycles. The predicted octanol–water partition coefficient (Wildman–Crippen LogP) is 1.25. The maximum atomic E-state index is 11.4. The minimum Gasteiger partial charge on any atom is -0.368 e. The quantitative estimate of drug-likeness (QED) is 0.506. The van der Waals surface area contributed by atoms with Gasteiger partial charge in [-0.15, -0.1) is 0 Å². The van der Waals surface area contributed by atoms with Crippen LogP contribution >= 0.6 is 0 Å². The van der Waals surface area contributed by atoms with Crippen LogP contribution in [0.5, 0.6) is 0 Å². The zero-order chi connectivity index (χ0) is 14.9. The van der Waals surface area contributed by atoms with Crippen molar-refractivity contribution in [2.45, 2.75) is 25.8 Å². The van der Waals surface area contributed by atoms with Crippen molar-refractivity contribution in [3.8, 4) is 0 Å². The Labute approximate surface area is 115 Å². The lowest BCUT2D eigenvalue weighted by Gasteiger charge is -2.24. The van der Waals surface area contributed by atoms with Crippen LogP contribution in [0.1, 0.15) is 30.1 Å². The topological polar surface area (TPSA) is 107 Å². The van der Waals surface area contributed by atoms with Gasteiger partial charge in [0.25, 0.3) is 5.69 Å². The number of carbonyl (C=O) groups is 2. The van der Waals surface area contributed by atoms with E-state index < -0.39 is 16.9 Å². The molecular formula is C13H15N3O4. The van der Waals surface area contributed by atoms with E-state index in [1.807, 2.05) is 0 Å². The van der Waals surface area contributed by atoms with Gasteiger partial charge in [0.2, 0.25) is 5.91 Å². The number of ketones is 1. The van der Waals surface area contributed by atoms with Gasteiger partial charge in [0.05, 0.1) is 4.92 Å². The van der Waals surface area contributed by atoms with E-state index >= 15 is 0 Å². The van der Waals surface area contributed by atoms with E-state index in [0.29, 0.717) is 18.7 Å². The molecule has 20 heavy (non-hydrogen) atoms. The molecule has 1 fully saturated rings. The molecule has 1 aromatic rings. The molecule has 0 bridgehead atoms. The van der Waals surface area contributed by atoms with Crippen molar-refractivity contribution in [3.63, 3.8) is 0 Å². The van der Waals surface area contributed by atoms with Crippen LogP contribution in [-0.4, -0.2) is 29.2 Å². The molecule has 1 aromatic carbocycles. The number of nitrogens with two attached hydrogens (primary N) is 1. The second kappa shape index (κ2) is 5.28. The standard InChI is InChI=1S/C13H15N3O4/c1-8(17)9-4-5-10(12(7-9)16(19)20)15-6-2-3-11(15)13(14)18/h4-5,7,11H,2-3,6H2,1H3,(H2,14,18). The molecule has 1 aliphatic rings.